The zero-order valence-corrected chi connectivity index (χ0v) is 15.5. The topological polar surface area (TPSA) is 66.0 Å². The average molecular weight is 346 g/mol. The maximum atomic E-state index is 8.90. The molecule has 0 spiro atoms. The predicted molar refractivity (Wildman–Crippen MR) is 102 cm³/mol. The number of nitrogens with zero attached hydrogens (tertiary/aromatic N) is 2. The molecule has 0 bridgehead atoms. The van der Waals surface area contributed by atoms with Crippen LogP contribution in [0.4, 0.5) is 0 Å². The van der Waals surface area contributed by atoms with Crippen LogP contribution in [-0.4, -0.2) is 7.11 Å². The molecule has 0 unspecified atom stereocenters. The van der Waals surface area contributed by atoms with E-state index in [2.05, 4.69) is 32.9 Å². The molecule has 2 aromatic carbocycles. The first kappa shape index (κ1) is 19.1. The molecule has 0 aromatic heterocycles. The van der Waals surface area contributed by atoms with E-state index in [0.717, 1.165) is 16.9 Å². The molecule has 0 radical (unpaired) electrons. The summed E-state index contributed by atoms with van der Waals surface area (Å²) in [4.78, 5) is 0. The number of ether oxygens (including phenoxy) is 2. The fourth-order valence-corrected chi connectivity index (χ4v) is 2.47. The molecule has 0 N–H and O–H groups in total. The summed E-state index contributed by atoms with van der Waals surface area (Å²) in [7, 11) is 1.60. The summed E-state index contributed by atoms with van der Waals surface area (Å²) in [6.07, 6.45) is 1.54. The van der Waals surface area contributed by atoms with Gasteiger partial charge in [0.15, 0.2) is 0 Å². The van der Waals surface area contributed by atoms with Crippen LogP contribution in [0, 0.1) is 22.7 Å². The average Bonchev–Trinajstić information content (AvgIpc) is 2.64. The molecule has 2 aromatic rings. The van der Waals surface area contributed by atoms with Crippen LogP contribution < -0.4 is 9.47 Å². The summed E-state index contributed by atoms with van der Waals surface area (Å²) in [6.45, 7) is 6.84. The predicted octanol–water partition coefficient (Wildman–Crippen LogP) is 5.00. The van der Waals surface area contributed by atoms with Gasteiger partial charge in [0, 0.05) is 5.56 Å². The number of allylic oxidation sites excluding steroid dienone is 1. The van der Waals surface area contributed by atoms with Crippen molar-refractivity contribution in [2.75, 3.05) is 7.11 Å². The minimum Gasteiger partial charge on any atom is -0.496 e. The van der Waals surface area contributed by atoms with Crippen molar-refractivity contribution in [1.82, 2.24) is 0 Å². The van der Waals surface area contributed by atoms with Crippen molar-refractivity contribution in [2.45, 2.75) is 32.8 Å². The number of rotatable bonds is 5. The van der Waals surface area contributed by atoms with Crippen LogP contribution in [0.2, 0.25) is 0 Å². The molecule has 132 valence electrons. The van der Waals surface area contributed by atoms with E-state index in [1.165, 1.54) is 5.56 Å². The molecule has 0 saturated carbocycles. The van der Waals surface area contributed by atoms with E-state index in [1.807, 2.05) is 30.3 Å². The smallest absolute Gasteiger partial charge is 0.130 e. The van der Waals surface area contributed by atoms with E-state index in [-0.39, 0.29) is 11.0 Å². The van der Waals surface area contributed by atoms with E-state index in [9.17, 15) is 0 Å². The first-order chi connectivity index (χ1) is 12.4. The number of hydrogen-bond acceptors (Lipinski definition) is 4. The minimum atomic E-state index is 0.0554. The normalized spacial score (nSPS) is 10.4. The lowest BCUT2D eigenvalue weighted by molar-refractivity contribution is 0.296. The molecule has 0 aliphatic rings. The highest BCUT2D eigenvalue weighted by molar-refractivity contribution is 5.63. The Labute approximate surface area is 154 Å². The maximum absolute atomic E-state index is 8.90. The second-order valence-electron chi connectivity index (χ2n) is 6.92. The van der Waals surface area contributed by atoms with Crippen LogP contribution in [-0.2, 0) is 12.0 Å². The Bertz CT molecular complexity index is 860. The van der Waals surface area contributed by atoms with Crippen LogP contribution in [0.3, 0.4) is 0 Å². The molecule has 0 atom stereocenters. The van der Waals surface area contributed by atoms with E-state index in [0.29, 0.717) is 12.4 Å². The molecule has 2 rings (SSSR count). The summed E-state index contributed by atoms with van der Waals surface area (Å²) in [5.74, 6) is 1.47. The van der Waals surface area contributed by atoms with E-state index >= 15 is 0 Å². The molecule has 4 heteroatoms. The summed E-state index contributed by atoms with van der Waals surface area (Å²) >= 11 is 0. The third-order valence-electron chi connectivity index (χ3n) is 3.97. The highest BCUT2D eigenvalue weighted by atomic mass is 16.5. The summed E-state index contributed by atoms with van der Waals surface area (Å²) in [6, 6.07) is 17.2. The van der Waals surface area contributed by atoms with E-state index in [4.69, 9.17) is 20.0 Å². The number of nitriles is 2. The Kier molecular flexibility index (Phi) is 6.04. The summed E-state index contributed by atoms with van der Waals surface area (Å²) in [5.41, 5.74) is 3.00. The van der Waals surface area contributed by atoms with Crippen molar-refractivity contribution >= 4 is 6.08 Å². The number of benzene rings is 2. The van der Waals surface area contributed by atoms with Gasteiger partial charge in [-0.3, -0.25) is 0 Å². The number of methoxy groups -OCH3 is 1. The number of hydrogen-bond donors (Lipinski definition) is 0. The van der Waals surface area contributed by atoms with Gasteiger partial charge in [0.25, 0.3) is 0 Å². The van der Waals surface area contributed by atoms with Crippen molar-refractivity contribution < 1.29 is 9.47 Å². The lowest BCUT2D eigenvalue weighted by Gasteiger charge is -2.19. The molecule has 4 nitrogen and oxygen atoms in total. The zero-order valence-electron chi connectivity index (χ0n) is 15.5. The second-order valence-corrected chi connectivity index (χ2v) is 6.92. The van der Waals surface area contributed by atoms with Gasteiger partial charge >= 0.3 is 0 Å². The molecule has 0 aliphatic heterocycles. The monoisotopic (exact) mass is 346 g/mol. The van der Waals surface area contributed by atoms with E-state index < -0.39 is 0 Å². The van der Waals surface area contributed by atoms with Crippen molar-refractivity contribution in [2.24, 2.45) is 0 Å². The van der Waals surface area contributed by atoms with Crippen molar-refractivity contribution in [3.63, 3.8) is 0 Å². The standard InChI is InChI=1S/C22H22N2O2/c1-22(2,3)19-6-8-20(9-7-19)26-15-18-12-16(5-10-21(18)25-4)11-17(13-23)14-24/h5-12H,15H2,1-4H3. The molecule has 0 aliphatic carbocycles. The quantitative estimate of drug-likeness (QED) is 0.714. The van der Waals surface area contributed by atoms with Crippen LogP contribution >= 0.6 is 0 Å². The van der Waals surface area contributed by atoms with Crippen LogP contribution in [0.25, 0.3) is 6.08 Å². The van der Waals surface area contributed by atoms with Gasteiger partial charge in [-0.25, -0.2) is 0 Å². The summed E-state index contributed by atoms with van der Waals surface area (Å²) in [5, 5.41) is 17.8. The van der Waals surface area contributed by atoms with Gasteiger partial charge in [0.1, 0.15) is 35.8 Å². The van der Waals surface area contributed by atoms with Gasteiger partial charge < -0.3 is 9.47 Å². The van der Waals surface area contributed by atoms with Gasteiger partial charge in [-0.15, -0.1) is 0 Å². The Hall–Kier alpha value is -3.24. The van der Waals surface area contributed by atoms with Crippen molar-refractivity contribution in [3.05, 3.63) is 64.7 Å². The van der Waals surface area contributed by atoms with Gasteiger partial charge in [-0.1, -0.05) is 39.0 Å². The van der Waals surface area contributed by atoms with Gasteiger partial charge in [0.2, 0.25) is 0 Å². The Morgan fingerprint density at radius 3 is 2.23 bits per heavy atom. The van der Waals surface area contributed by atoms with Gasteiger partial charge in [0.05, 0.1) is 7.11 Å². The minimum absolute atomic E-state index is 0.0554. The maximum Gasteiger partial charge on any atom is 0.130 e. The van der Waals surface area contributed by atoms with E-state index in [1.54, 1.807) is 25.3 Å². The van der Waals surface area contributed by atoms with Crippen molar-refractivity contribution in [1.29, 1.82) is 10.5 Å². The Balaban J connectivity index is 2.19. The molecular formula is C22H22N2O2. The lowest BCUT2D eigenvalue weighted by atomic mass is 9.87. The first-order valence-electron chi connectivity index (χ1n) is 8.29. The van der Waals surface area contributed by atoms with Gasteiger partial charge in [-0.05, 0) is 46.9 Å². The first-order valence-corrected chi connectivity index (χ1v) is 8.29. The molecule has 26 heavy (non-hydrogen) atoms. The fourth-order valence-electron chi connectivity index (χ4n) is 2.47. The molecular weight excluding hydrogens is 324 g/mol. The highest BCUT2D eigenvalue weighted by Crippen LogP contribution is 2.26. The largest absolute Gasteiger partial charge is 0.496 e. The SMILES string of the molecule is COc1ccc(C=C(C#N)C#N)cc1COc1ccc(C(C)(C)C)cc1. The van der Waals surface area contributed by atoms with Crippen LogP contribution in [0.5, 0.6) is 11.5 Å². The molecule has 0 heterocycles. The van der Waals surface area contributed by atoms with Crippen molar-refractivity contribution in [3.8, 4) is 23.6 Å². The second kappa shape index (κ2) is 8.23. The molecule has 0 saturated heterocycles. The Morgan fingerprint density at radius 1 is 1.04 bits per heavy atom. The van der Waals surface area contributed by atoms with Gasteiger partial charge in [-0.2, -0.15) is 10.5 Å². The molecule has 0 amide bonds. The van der Waals surface area contributed by atoms with Crippen LogP contribution in [0.1, 0.15) is 37.5 Å². The van der Waals surface area contributed by atoms with Crippen LogP contribution in [0.15, 0.2) is 48.0 Å². The fraction of sp³-hybridized carbons (Fsp3) is 0.273. The highest BCUT2D eigenvalue weighted by Gasteiger charge is 2.13. The Morgan fingerprint density at radius 2 is 1.69 bits per heavy atom. The lowest BCUT2D eigenvalue weighted by Crippen LogP contribution is -2.10. The molecule has 0 fully saturated rings. The summed E-state index contributed by atoms with van der Waals surface area (Å²) < 4.78 is 11.3. The third-order valence-corrected chi connectivity index (χ3v) is 3.97. The zero-order chi connectivity index (χ0) is 19.2. The third kappa shape index (κ3) is 4.88.